The molecule has 1 aromatic rings. The van der Waals surface area contributed by atoms with Gasteiger partial charge in [-0.05, 0) is 30.9 Å². The predicted octanol–water partition coefficient (Wildman–Crippen LogP) is 2.23. The van der Waals surface area contributed by atoms with Gasteiger partial charge in [-0.2, -0.15) is 0 Å². The van der Waals surface area contributed by atoms with Crippen molar-refractivity contribution in [2.45, 2.75) is 66.7 Å². The number of rotatable bonds is 3. The van der Waals surface area contributed by atoms with Crippen molar-refractivity contribution in [2.75, 3.05) is 13.2 Å². The third-order valence-electron chi connectivity index (χ3n) is 6.80. The van der Waals surface area contributed by atoms with Crippen LogP contribution in [-0.4, -0.2) is 49.9 Å². The fourth-order valence-electron chi connectivity index (χ4n) is 5.56. The molecule has 2 saturated carbocycles. The van der Waals surface area contributed by atoms with Gasteiger partial charge in [0.15, 0.2) is 5.79 Å². The van der Waals surface area contributed by atoms with Gasteiger partial charge in [0.1, 0.15) is 0 Å². The summed E-state index contributed by atoms with van der Waals surface area (Å²) in [6.45, 7) is 4.90. The van der Waals surface area contributed by atoms with Gasteiger partial charge in [0.05, 0.1) is 40.5 Å². The molecule has 1 aliphatic heterocycles. The highest BCUT2D eigenvalue weighted by molar-refractivity contribution is 7.86. The molecule has 2 bridgehead atoms. The van der Waals surface area contributed by atoms with Gasteiger partial charge in [0, 0.05) is 23.7 Å². The average molecular weight is 381 g/mol. The van der Waals surface area contributed by atoms with E-state index in [-0.39, 0.29) is 5.92 Å². The summed E-state index contributed by atoms with van der Waals surface area (Å²) in [5, 5.41) is 22.7. The Morgan fingerprint density at radius 1 is 1.19 bits per heavy atom. The zero-order valence-electron chi connectivity index (χ0n) is 15.4. The zero-order chi connectivity index (χ0) is 18.6. The Kier molecular flexibility index (Phi) is 4.56. The van der Waals surface area contributed by atoms with E-state index in [1.807, 2.05) is 44.2 Å². The second kappa shape index (κ2) is 6.38. The number of fused-ring (bicyclic) bond motifs is 2. The maximum atomic E-state index is 13.9. The molecule has 1 aromatic carbocycles. The summed E-state index contributed by atoms with van der Waals surface area (Å²) in [5.74, 6) is -1.31. The van der Waals surface area contributed by atoms with E-state index in [0.29, 0.717) is 43.8 Å². The molecule has 6 heteroatoms. The lowest BCUT2D eigenvalue weighted by atomic mass is 9.54. The smallest absolute Gasteiger partial charge is 0.170 e. The number of hydrogen-bond donors (Lipinski definition) is 2. The zero-order valence-corrected chi connectivity index (χ0v) is 16.2. The van der Waals surface area contributed by atoms with E-state index in [4.69, 9.17) is 9.47 Å². The fourth-order valence-corrected chi connectivity index (χ4v) is 7.80. The summed E-state index contributed by atoms with van der Waals surface area (Å²) < 4.78 is 24.9. The fraction of sp³-hybridized carbons (Fsp3) is 0.700. The third kappa shape index (κ3) is 2.46. The Balaban J connectivity index is 1.87. The van der Waals surface area contributed by atoms with Crippen LogP contribution in [0.2, 0.25) is 0 Å². The minimum absolute atomic E-state index is 0.0433. The molecule has 4 rings (SSSR count). The summed E-state index contributed by atoms with van der Waals surface area (Å²) in [4.78, 5) is 0.705. The molecule has 3 aliphatic rings. The first kappa shape index (κ1) is 18.6. The lowest BCUT2D eigenvalue weighted by molar-refractivity contribution is -0.268. The van der Waals surface area contributed by atoms with Crippen LogP contribution in [0, 0.1) is 11.8 Å². The minimum atomic E-state index is -1.45. The monoisotopic (exact) mass is 380 g/mol. The minimum Gasteiger partial charge on any atom is -0.392 e. The van der Waals surface area contributed by atoms with Crippen molar-refractivity contribution in [3.8, 4) is 0 Å². The number of ether oxygens (including phenoxy) is 2. The summed E-state index contributed by atoms with van der Waals surface area (Å²) >= 11 is 0. The molecule has 144 valence electrons. The quantitative estimate of drug-likeness (QED) is 0.841. The first-order chi connectivity index (χ1) is 12.4. The van der Waals surface area contributed by atoms with Crippen LogP contribution in [0.4, 0.5) is 0 Å². The Hall–Kier alpha value is -0.790. The molecule has 6 atom stereocenters. The molecule has 2 aliphatic carbocycles. The van der Waals surface area contributed by atoms with Crippen LogP contribution in [0.1, 0.15) is 39.5 Å². The van der Waals surface area contributed by atoms with E-state index in [1.165, 1.54) is 0 Å². The summed E-state index contributed by atoms with van der Waals surface area (Å²) in [7, 11) is -1.45. The molecule has 0 radical (unpaired) electrons. The maximum absolute atomic E-state index is 13.9. The van der Waals surface area contributed by atoms with Crippen LogP contribution in [0.3, 0.4) is 0 Å². The van der Waals surface area contributed by atoms with E-state index in [2.05, 4.69) is 0 Å². The van der Waals surface area contributed by atoms with Crippen molar-refractivity contribution in [3.63, 3.8) is 0 Å². The summed E-state index contributed by atoms with van der Waals surface area (Å²) in [6, 6.07) is 9.34. The van der Waals surface area contributed by atoms with Gasteiger partial charge in [0.2, 0.25) is 0 Å². The van der Waals surface area contributed by atoms with Crippen molar-refractivity contribution in [3.05, 3.63) is 30.3 Å². The highest BCUT2D eigenvalue weighted by atomic mass is 32.2. The maximum Gasteiger partial charge on any atom is 0.170 e. The molecule has 5 nitrogen and oxygen atoms in total. The van der Waals surface area contributed by atoms with Gasteiger partial charge in [-0.15, -0.1) is 0 Å². The first-order valence-electron chi connectivity index (χ1n) is 9.53. The number of benzene rings is 1. The highest BCUT2D eigenvalue weighted by Crippen LogP contribution is 2.61. The SMILES string of the molecule is CCC1(O)[C@@H]2CC3(C[C@@]1(S(=O)c1ccccc1)C[C@H](C)[C@@H]2O)OCCO3. The van der Waals surface area contributed by atoms with E-state index in [9.17, 15) is 14.4 Å². The highest BCUT2D eigenvalue weighted by Gasteiger charge is 2.71. The van der Waals surface area contributed by atoms with Crippen molar-refractivity contribution < 1.29 is 23.9 Å². The number of hydrogen-bond acceptors (Lipinski definition) is 5. The molecule has 26 heavy (non-hydrogen) atoms. The van der Waals surface area contributed by atoms with Crippen LogP contribution in [-0.2, 0) is 20.3 Å². The van der Waals surface area contributed by atoms with Crippen LogP contribution < -0.4 is 0 Å². The molecule has 1 saturated heterocycles. The topological polar surface area (TPSA) is 76.0 Å². The molecule has 2 N–H and O–H groups in total. The summed E-state index contributed by atoms with van der Waals surface area (Å²) in [5.41, 5.74) is -1.22. The molecule has 1 spiro atoms. The third-order valence-corrected chi connectivity index (χ3v) is 8.87. The van der Waals surface area contributed by atoms with Crippen molar-refractivity contribution >= 4 is 10.8 Å². The van der Waals surface area contributed by atoms with Gasteiger partial charge in [-0.1, -0.05) is 32.0 Å². The van der Waals surface area contributed by atoms with Gasteiger partial charge in [0.25, 0.3) is 0 Å². The molecule has 2 unspecified atom stereocenters. The van der Waals surface area contributed by atoms with E-state index in [1.54, 1.807) is 0 Å². The number of aliphatic hydroxyl groups excluding tert-OH is 1. The molecule has 3 fully saturated rings. The molecular weight excluding hydrogens is 352 g/mol. The molecular formula is C20H28O5S. The van der Waals surface area contributed by atoms with Gasteiger partial charge >= 0.3 is 0 Å². The molecule has 0 amide bonds. The Morgan fingerprint density at radius 3 is 2.46 bits per heavy atom. The first-order valence-corrected chi connectivity index (χ1v) is 10.7. The van der Waals surface area contributed by atoms with Gasteiger partial charge in [-0.3, -0.25) is 4.21 Å². The van der Waals surface area contributed by atoms with Crippen LogP contribution in [0.15, 0.2) is 35.2 Å². The summed E-state index contributed by atoms with van der Waals surface area (Å²) in [6.07, 6.45) is 1.09. The molecule has 0 aromatic heterocycles. The van der Waals surface area contributed by atoms with Gasteiger partial charge in [-0.25, -0.2) is 0 Å². The van der Waals surface area contributed by atoms with Crippen molar-refractivity contribution in [2.24, 2.45) is 11.8 Å². The van der Waals surface area contributed by atoms with Crippen LogP contribution >= 0.6 is 0 Å². The predicted molar refractivity (Wildman–Crippen MR) is 98.0 cm³/mol. The van der Waals surface area contributed by atoms with E-state index in [0.717, 1.165) is 0 Å². The second-order valence-electron chi connectivity index (χ2n) is 8.12. The Labute approximate surface area is 157 Å². The van der Waals surface area contributed by atoms with Crippen LogP contribution in [0.5, 0.6) is 0 Å². The van der Waals surface area contributed by atoms with E-state index >= 15 is 0 Å². The molecule has 1 heterocycles. The lowest BCUT2D eigenvalue weighted by Crippen LogP contribution is -2.74. The number of aliphatic hydroxyl groups is 2. The van der Waals surface area contributed by atoms with Crippen molar-refractivity contribution in [1.29, 1.82) is 0 Å². The largest absolute Gasteiger partial charge is 0.392 e. The van der Waals surface area contributed by atoms with Crippen LogP contribution in [0.25, 0.3) is 0 Å². The Bertz CT molecular complexity index is 689. The second-order valence-corrected chi connectivity index (χ2v) is 9.91. The lowest BCUT2D eigenvalue weighted by Gasteiger charge is -2.63. The average Bonchev–Trinajstić information content (AvgIpc) is 3.10. The Morgan fingerprint density at radius 2 is 1.85 bits per heavy atom. The standard InChI is InChI=1S/C20H28O5S/c1-3-20(22)16-12-19(24-9-10-25-19)13-18(20,11-14(2)17(16)21)26(23)15-7-5-4-6-8-15/h4-8,14,16-17,21-22H,3,9-13H2,1-2H3/t14-,16+,17-,18-,20?,26?/m0/s1. The van der Waals surface area contributed by atoms with Gasteiger partial charge < -0.3 is 19.7 Å². The van der Waals surface area contributed by atoms with Crippen molar-refractivity contribution in [1.82, 2.24) is 0 Å². The van der Waals surface area contributed by atoms with E-state index < -0.39 is 39.0 Å². The normalized spacial score (nSPS) is 42.7.